The molecule has 3 aromatic carbocycles. The largest absolute Gasteiger partial charge is 0.338 e. The van der Waals surface area contributed by atoms with Crippen LogP contribution in [0.3, 0.4) is 0 Å². The fourth-order valence-corrected chi connectivity index (χ4v) is 3.17. The van der Waals surface area contributed by atoms with Gasteiger partial charge in [-0.2, -0.15) is 10.4 Å². The quantitative estimate of drug-likeness (QED) is 0.493. The van der Waals surface area contributed by atoms with Crippen molar-refractivity contribution in [1.29, 1.82) is 5.26 Å². The predicted molar refractivity (Wildman–Crippen MR) is 101 cm³/mol. The Morgan fingerprint density at radius 3 is 2.46 bits per heavy atom. The topological polar surface area (TPSA) is 81.2 Å². The number of nitrogens with zero attached hydrogens (tertiary/aromatic N) is 3. The van der Waals surface area contributed by atoms with Crippen molar-refractivity contribution in [3.8, 4) is 28.7 Å². The van der Waals surface area contributed by atoms with E-state index in [4.69, 9.17) is 5.26 Å². The number of benzene rings is 3. The van der Waals surface area contributed by atoms with Crippen LogP contribution in [0.5, 0.6) is 0 Å². The number of para-hydroxylation sites is 2. The van der Waals surface area contributed by atoms with E-state index in [1.807, 2.05) is 48.5 Å². The Bertz CT molecular complexity index is 1250. The van der Waals surface area contributed by atoms with E-state index >= 15 is 0 Å². The van der Waals surface area contributed by atoms with Gasteiger partial charge < -0.3 is 4.98 Å². The number of nitrogens with one attached hydrogen (secondary N) is 2. The molecule has 0 saturated carbocycles. The monoisotopic (exact) mass is 335 g/mol. The first kappa shape index (κ1) is 14.4. The molecule has 0 bridgehead atoms. The number of imidazole rings is 1. The van der Waals surface area contributed by atoms with Gasteiger partial charge in [0.2, 0.25) is 0 Å². The maximum Gasteiger partial charge on any atom is 0.138 e. The van der Waals surface area contributed by atoms with Crippen LogP contribution in [0, 0.1) is 11.3 Å². The molecule has 5 aromatic rings. The molecule has 0 atom stereocenters. The van der Waals surface area contributed by atoms with Crippen molar-refractivity contribution >= 4 is 21.9 Å². The van der Waals surface area contributed by atoms with Gasteiger partial charge in [-0.25, -0.2) is 4.98 Å². The van der Waals surface area contributed by atoms with E-state index < -0.39 is 0 Å². The lowest BCUT2D eigenvalue weighted by atomic mass is 10.0. The van der Waals surface area contributed by atoms with Crippen LogP contribution in [0.2, 0.25) is 0 Å². The molecule has 5 heteroatoms. The molecular weight excluding hydrogens is 322 g/mol. The molecule has 0 saturated heterocycles. The third-order valence-corrected chi connectivity index (χ3v) is 4.51. The molecule has 26 heavy (non-hydrogen) atoms. The van der Waals surface area contributed by atoms with Crippen molar-refractivity contribution in [2.75, 3.05) is 0 Å². The third-order valence-electron chi connectivity index (χ3n) is 4.51. The summed E-state index contributed by atoms with van der Waals surface area (Å²) in [5, 5.41) is 17.5. The molecular formula is C21H13N5. The Labute approximate surface area is 148 Å². The number of hydrogen-bond acceptors (Lipinski definition) is 3. The Morgan fingerprint density at radius 1 is 0.846 bits per heavy atom. The van der Waals surface area contributed by atoms with Gasteiger partial charge in [0, 0.05) is 16.5 Å². The van der Waals surface area contributed by atoms with Crippen molar-refractivity contribution in [3.05, 3.63) is 72.3 Å². The van der Waals surface area contributed by atoms with Crippen LogP contribution in [-0.4, -0.2) is 20.2 Å². The van der Waals surface area contributed by atoms with E-state index in [9.17, 15) is 0 Å². The molecule has 2 N–H and O–H groups in total. The van der Waals surface area contributed by atoms with Gasteiger partial charge in [-0.15, -0.1) is 0 Å². The van der Waals surface area contributed by atoms with Crippen molar-refractivity contribution in [1.82, 2.24) is 20.2 Å². The van der Waals surface area contributed by atoms with Crippen molar-refractivity contribution in [2.45, 2.75) is 0 Å². The minimum Gasteiger partial charge on any atom is -0.338 e. The lowest BCUT2D eigenvalue weighted by molar-refractivity contribution is 1.12. The summed E-state index contributed by atoms with van der Waals surface area (Å²) in [6, 6.07) is 23.7. The van der Waals surface area contributed by atoms with E-state index in [1.54, 1.807) is 12.1 Å². The van der Waals surface area contributed by atoms with Crippen molar-refractivity contribution < 1.29 is 0 Å². The van der Waals surface area contributed by atoms with Gasteiger partial charge in [-0.3, -0.25) is 5.10 Å². The molecule has 2 aromatic heterocycles. The van der Waals surface area contributed by atoms with Crippen LogP contribution in [0.4, 0.5) is 0 Å². The Hall–Kier alpha value is -3.91. The molecule has 5 rings (SSSR count). The molecule has 122 valence electrons. The molecule has 2 heterocycles. The second-order valence-corrected chi connectivity index (χ2v) is 6.12. The summed E-state index contributed by atoms with van der Waals surface area (Å²) in [7, 11) is 0. The molecule has 0 radical (unpaired) electrons. The highest BCUT2D eigenvalue weighted by Gasteiger charge is 2.11. The highest BCUT2D eigenvalue weighted by Crippen LogP contribution is 2.30. The molecule has 0 aliphatic heterocycles. The number of H-pyrrole nitrogens is 2. The van der Waals surface area contributed by atoms with Crippen LogP contribution < -0.4 is 0 Å². The average Bonchev–Trinajstić information content (AvgIpc) is 3.31. The zero-order valence-electron chi connectivity index (χ0n) is 13.7. The zero-order valence-corrected chi connectivity index (χ0v) is 13.7. The second kappa shape index (κ2) is 5.57. The maximum atomic E-state index is 8.97. The summed E-state index contributed by atoms with van der Waals surface area (Å²) in [6.45, 7) is 0. The summed E-state index contributed by atoms with van der Waals surface area (Å²) in [5.41, 5.74) is 6.40. The van der Waals surface area contributed by atoms with Gasteiger partial charge >= 0.3 is 0 Å². The molecule has 0 fully saturated rings. The SMILES string of the molecule is N#Cc1ccc(-c2n[nH]c3ccc(-c4nc5ccccc5[nH]4)cc23)cc1. The number of hydrogen-bond donors (Lipinski definition) is 2. The average molecular weight is 335 g/mol. The number of aromatic nitrogens is 4. The molecule has 0 unspecified atom stereocenters. The van der Waals surface area contributed by atoms with Gasteiger partial charge in [0.25, 0.3) is 0 Å². The van der Waals surface area contributed by atoms with Gasteiger partial charge in [0.15, 0.2) is 0 Å². The highest BCUT2D eigenvalue weighted by molar-refractivity contribution is 5.95. The van der Waals surface area contributed by atoms with Crippen LogP contribution in [0.25, 0.3) is 44.6 Å². The van der Waals surface area contributed by atoms with Crippen molar-refractivity contribution in [3.63, 3.8) is 0 Å². The van der Waals surface area contributed by atoms with Crippen LogP contribution in [0.15, 0.2) is 66.7 Å². The lowest BCUT2D eigenvalue weighted by Gasteiger charge is -2.00. The lowest BCUT2D eigenvalue weighted by Crippen LogP contribution is -1.82. The summed E-state index contributed by atoms with van der Waals surface area (Å²) in [4.78, 5) is 8.04. The minimum atomic E-state index is 0.636. The van der Waals surface area contributed by atoms with Gasteiger partial charge in [0.05, 0.1) is 33.9 Å². The second-order valence-electron chi connectivity index (χ2n) is 6.12. The molecule has 5 nitrogen and oxygen atoms in total. The normalized spacial score (nSPS) is 11.0. The fourth-order valence-electron chi connectivity index (χ4n) is 3.17. The number of aromatic amines is 2. The standard InChI is InChI=1S/C21H13N5/c22-12-13-5-7-14(8-6-13)20-16-11-15(9-10-17(16)25-26-20)21-23-18-3-1-2-4-19(18)24-21/h1-11H,(H,23,24)(H,25,26). The molecule has 0 amide bonds. The predicted octanol–water partition coefficient (Wildman–Crippen LogP) is 4.64. The van der Waals surface area contributed by atoms with Crippen LogP contribution in [0.1, 0.15) is 5.56 Å². The third kappa shape index (κ3) is 2.25. The van der Waals surface area contributed by atoms with Gasteiger partial charge in [0.1, 0.15) is 5.82 Å². The van der Waals surface area contributed by atoms with Crippen LogP contribution >= 0.6 is 0 Å². The van der Waals surface area contributed by atoms with Gasteiger partial charge in [-0.1, -0.05) is 24.3 Å². The zero-order chi connectivity index (χ0) is 17.5. The number of fused-ring (bicyclic) bond motifs is 2. The summed E-state index contributed by atoms with van der Waals surface area (Å²) in [5.74, 6) is 0.833. The number of rotatable bonds is 2. The van der Waals surface area contributed by atoms with Crippen molar-refractivity contribution in [2.24, 2.45) is 0 Å². The summed E-state index contributed by atoms with van der Waals surface area (Å²) >= 11 is 0. The Morgan fingerprint density at radius 2 is 1.65 bits per heavy atom. The van der Waals surface area contributed by atoms with Gasteiger partial charge in [-0.05, 0) is 42.5 Å². The molecule has 0 aliphatic carbocycles. The first-order valence-corrected chi connectivity index (χ1v) is 8.25. The fraction of sp³-hybridized carbons (Fsp3) is 0. The Kier molecular flexibility index (Phi) is 3.09. The molecule has 0 spiro atoms. The molecule has 0 aliphatic rings. The smallest absolute Gasteiger partial charge is 0.138 e. The Balaban J connectivity index is 1.65. The van der Waals surface area contributed by atoms with E-state index in [1.165, 1.54) is 0 Å². The number of nitriles is 1. The van der Waals surface area contributed by atoms with Crippen LogP contribution in [-0.2, 0) is 0 Å². The first-order valence-electron chi connectivity index (χ1n) is 8.25. The highest BCUT2D eigenvalue weighted by atomic mass is 15.1. The van der Waals surface area contributed by atoms with E-state index in [0.717, 1.165) is 44.6 Å². The van der Waals surface area contributed by atoms with E-state index in [2.05, 4.69) is 32.3 Å². The summed E-state index contributed by atoms with van der Waals surface area (Å²) in [6.07, 6.45) is 0. The first-order chi connectivity index (χ1) is 12.8. The minimum absolute atomic E-state index is 0.636. The van der Waals surface area contributed by atoms with E-state index in [0.29, 0.717) is 5.56 Å². The summed E-state index contributed by atoms with van der Waals surface area (Å²) < 4.78 is 0. The van der Waals surface area contributed by atoms with E-state index in [-0.39, 0.29) is 0 Å². The maximum absolute atomic E-state index is 8.97.